The first kappa shape index (κ1) is 21.2. The number of rotatable bonds is 7. The maximum Gasteiger partial charge on any atom is 0.219 e. The van der Waals surface area contributed by atoms with Gasteiger partial charge in [-0.15, -0.1) is 10.2 Å². The Labute approximate surface area is 175 Å². The van der Waals surface area contributed by atoms with E-state index >= 15 is 0 Å². The van der Waals surface area contributed by atoms with Crippen LogP contribution in [0.2, 0.25) is 0 Å². The number of furan rings is 1. The lowest BCUT2D eigenvalue weighted by Gasteiger charge is -2.22. The summed E-state index contributed by atoms with van der Waals surface area (Å²) in [4.78, 5) is 11.3. The molecule has 154 valence electrons. The molecule has 1 aromatic carbocycles. The molecule has 0 aliphatic heterocycles. The highest BCUT2D eigenvalue weighted by Gasteiger charge is 2.19. The first-order valence-electron chi connectivity index (χ1n) is 9.65. The van der Waals surface area contributed by atoms with Crippen LogP contribution in [0.25, 0.3) is 11.6 Å². The Morgan fingerprint density at radius 1 is 1.21 bits per heavy atom. The quantitative estimate of drug-likeness (QED) is 0.572. The molecule has 0 aliphatic rings. The Morgan fingerprint density at radius 2 is 1.90 bits per heavy atom. The number of thioether (sulfide) groups is 1. The maximum absolute atomic E-state index is 11.3. The van der Waals surface area contributed by atoms with E-state index in [1.807, 2.05) is 10.6 Å². The van der Waals surface area contributed by atoms with E-state index in [0.717, 1.165) is 10.9 Å². The number of aryl methyl sites for hydroxylation is 2. The van der Waals surface area contributed by atoms with E-state index in [0.29, 0.717) is 18.1 Å². The average molecular weight is 413 g/mol. The summed E-state index contributed by atoms with van der Waals surface area (Å²) in [5, 5.41) is 9.38. The molecular weight excluding hydrogens is 384 g/mol. The van der Waals surface area contributed by atoms with Crippen molar-refractivity contribution >= 4 is 17.7 Å². The van der Waals surface area contributed by atoms with Crippen molar-refractivity contribution in [3.05, 3.63) is 52.8 Å². The second-order valence-corrected chi connectivity index (χ2v) is 9.22. The lowest BCUT2D eigenvalue weighted by atomic mass is 9.84. The second-order valence-electron chi connectivity index (χ2n) is 8.28. The largest absolute Gasteiger partial charge is 0.461 e. The predicted molar refractivity (Wildman–Crippen MR) is 116 cm³/mol. The average Bonchev–Trinajstić information content (AvgIpc) is 3.27. The molecule has 29 heavy (non-hydrogen) atoms. The van der Waals surface area contributed by atoms with Crippen LogP contribution >= 0.6 is 11.8 Å². The molecule has 6 nitrogen and oxygen atoms in total. The molecule has 0 atom stereocenters. The fourth-order valence-electron chi connectivity index (χ4n) is 3.20. The molecule has 3 aromatic rings. The SMILES string of the molecule is Cc1cc(C(C)(C)C)cc(C)c1CSc1nnc(-c2ccco2)n1CCC(N)=O. The molecule has 0 bridgehead atoms. The summed E-state index contributed by atoms with van der Waals surface area (Å²) in [6.07, 6.45) is 1.82. The van der Waals surface area contributed by atoms with Gasteiger partial charge in [0.2, 0.25) is 5.91 Å². The zero-order valence-corrected chi connectivity index (χ0v) is 18.5. The molecule has 0 radical (unpaired) electrons. The number of benzene rings is 1. The normalized spacial score (nSPS) is 11.8. The van der Waals surface area contributed by atoms with Crippen LogP contribution in [-0.2, 0) is 22.5 Å². The van der Waals surface area contributed by atoms with Crippen LogP contribution < -0.4 is 5.73 Å². The maximum atomic E-state index is 11.3. The minimum atomic E-state index is -0.357. The van der Waals surface area contributed by atoms with Crippen molar-refractivity contribution in [3.8, 4) is 11.6 Å². The smallest absolute Gasteiger partial charge is 0.219 e. The summed E-state index contributed by atoms with van der Waals surface area (Å²) in [6.45, 7) is 11.4. The van der Waals surface area contributed by atoms with Gasteiger partial charge in [-0.25, -0.2) is 0 Å². The molecule has 1 amide bonds. The molecular formula is C22H28N4O2S. The number of amides is 1. The van der Waals surface area contributed by atoms with Gasteiger partial charge in [0, 0.05) is 18.7 Å². The predicted octanol–water partition coefficient (Wildman–Crippen LogP) is 4.62. The minimum Gasteiger partial charge on any atom is -0.461 e. The number of nitrogens with zero attached hydrogens (tertiary/aromatic N) is 3. The van der Waals surface area contributed by atoms with Crippen molar-refractivity contribution < 1.29 is 9.21 Å². The number of hydrogen-bond donors (Lipinski definition) is 1. The zero-order valence-electron chi connectivity index (χ0n) is 17.7. The van der Waals surface area contributed by atoms with E-state index in [9.17, 15) is 4.79 Å². The lowest BCUT2D eigenvalue weighted by molar-refractivity contribution is -0.118. The fourth-order valence-corrected chi connectivity index (χ4v) is 4.36. The van der Waals surface area contributed by atoms with Gasteiger partial charge in [-0.2, -0.15) is 0 Å². The topological polar surface area (TPSA) is 86.9 Å². The molecule has 0 saturated carbocycles. The van der Waals surface area contributed by atoms with E-state index in [1.54, 1.807) is 24.1 Å². The third-order valence-electron chi connectivity index (χ3n) is 4.95. The van der Waals surface area contributed by atoms with Crippen LogP contribution in [0, 0.1) is 13.8 Å². The highest BCUT2D eigenvalue weighted by molar-refractivity contribution is 7.98. The van der Waals surface area contributed by atoms with Crippen LogP contribution in [0.15, 0.2) is 40.1 Å². The van der Waals surface area contributed by atoms with Crippen LogP contribution in [-0.4, -0.2) is 20.7 Å². The van der Waals surface area contributed by atoms with Gasteiger partial charge in [0.05, 0.1) is 6.26 Å². The third-order valence-corrected chi connectivity index (χ3v) is 5.94. The van der Waals surface area contributed by atoms with Gasteiger partial charge in [-0.1, -0.05) is 44.7 Å². The van der Waals surface area contributed by atoms with E-state index in [-0.39, 0.29) is 17.7 Å². The van der Waals surface area contributed by atoms with Gasteiger partial charge >= 0.3 is 0 Å². The van der Waals surface area contributed by atoms with Crippen LogP contribution in [0.4, 0.5) is 0 Å². The van der Waals surface area contributed by atoms with Gasteiger partial charge in [-0.3, -0.25) is 9.36 Å². The summed E-state index contributed by atoms with van der Waals surface area (Å²) in [7, 11) is 0. The lowest BCUT2D eigenvalue weighted by Crippen LogP contribution is -2.15. The molecule has 2 N–H and O–H groups in total. The molecule has 2 heterocycles. The van der Waals surface area contributed by atoms with Crippen LogP contribution in [0.3, 0.4) is 0 Å². The summed E-state index contributed by atoms with van der Waals surface area (Å²) >= 11 is 1.61. The number of aromatic nitrogens is 3. The Bertz CT molecular complexity index is 977. The first-order chi connectivity index (χ1) is 13.7. The van der Waals surface area contributed by atoms with Crippen molar-refractivity contribution in [2.75, 3.05) is 0 Å². The van der Waals surface area contributed by atoms with Gasteiger partial charge in [0.1, 0.15) is 0 Å². The minimum absolute atomic E-state index is 0.119. The molecule has 0 unspecified atom stereocenters. The van der Waals surface area contributed by atoms with Crippen LogP contribution in [0.5, 0.6) is 0 Å². The number of hydrogen-bond acceptors (Lipinski definition) is 5. The van der Waals surface area contributed by atoms with Gasteiger partial charge in [-0.05, 0) is 53.6 Å². The van der Waals surface area contributed by atoms with Crippen molar-refractivity contribution in [1.82, 2.24) is 14.8 Å². The van der Waals surface area contributed by atoms with E-state index in [2.05, 4.69) is 56.9 Å². The number of nitrogens with two attached hydrogens (primary N) is 1. The summed E-state index contributed by atoms with van der Waals surface area (Å²) in [5.41, 5.74) is 10.7. The Hall–Kier alpha value is -2.54. The molecule has 0 saturated heterocycles. The summed E-state index contributed by atoms with van der Waals surface area (Å²) < 4.78 is 7.38. The number of carbonyl (C=O) groups is 1. The molecule has 0 fully saturated rings. The first-order valence-corrected chi connectivity index (χ1v) is 10.6. The van der Waals surface area contributed by atoms with Gasteiger partial charge in [0.25, 0.3) is 0 Å². The van der Waals surface area contributed by atoms with Gasteiger partial charge < -0.3 is 10.2 Å². The summed E-state index contributed by atoms with van der Waals surface area (Å²) in [5.74, 6) is 1.64. The molecule has 0 spiro atoms. The van der Waals surface area contributed by atoms with E-state index in [1.165, 1.54) is 22.3 Å². The van der Waals surface area contributed by atoms with Gasteiger partial charge in [0.15, 0.2) is 16.7 Å². The Balaban J connectivity index is 1.86. The molecule has 2 aromatic heterocycles. The molecule has 3 rings (SSSR count). The third kappa shape index (κ3) is 4.90. The van der Waals surface area contributed by atoms with Crippen molar-refractivity contribution in [2.24, 2.45) is 5.73 Å². The standard InChI is InChI=1S/C22H28N4O2S/c1-14-11-16(22(3,4)5)12-15(2)17(14)13-29-21-25-24-20(18-7-6-10-28-18)26(21)9-8-19(23)27/h6-7,10-12H,8-9,13H2,1-5H3,(H2,23,27). The molecule has 0 aliphatic carbocycles. The van der Waals surface area contributed by atoms with Crippen molar-refractivity contribution in [3.63, 3.8) is 0 Å². The van der Waals surface area contributed by atoms with Crippen LogP contribution in [0.1, 0.15) is 49.4 Å². The second kappa shape index (κ2) is 8.45. The highest BCUT2D eigenvalue weighted by Crippen LogP contribution is 2.32. The van der Waals surface area contributed by atoms with Crippen molar-refractivity contribution in [1.29, 1.82) is 0 Å². The molecule has 7 heteroatoms. The Morgan fingerprint density at radius 3 is 2.45 bits per heavy atom. The number of primary amides is 1. The zero-order chi connectivity index (χ0) is 21.2. The number of carbonyl (C=O) groups excluding carboxylic acids is 1. The van der Waals surface area contributed by atoms with E-state index in [4.69, 9.17) is 10.2 Å². The van der Waals surface area contributed by atoms with E-state index < -0.39 is 0 Å². The fraction of sp³-hybridized carbons (Fsp3) is 0.409. The summed E-state index contributed by atoms with van der Waals surface area (Å²) in [6, 6.07) is 8.18. The Kier molecular flexibility index (Phi) is 6.17. The highest BCUT2D eigenvalue weighted by atomic mass is 32.2. The monoisotopic (exact) mass is 412 g/mol. The van der Waals surface area contributed by atoms with Crippen molar-refractivity contribution in [2.45, 2.75) is 63.9 Å².